The number of benzene rings is 1. The summed E-state index contributed by atoms with van der Waals surface area (Å²) in [5.74, 6) is -2.59. The van der Waals surface area contributed by atoms with Crippen molar-refractivity contribution in [3.8, 4) is 0 Å². The van der Waals surface area contributed by atoms with E-state index in [1.165, 1.54) is 6.07 Å². The summed E-state index contributed by atoms with van der Waals surface area (Å²) >= 11 is 0. The summed E-state index contributed by atoms with van der Waals surface area (Å²) in [6, 6.07) is 2.41. The van der Waals surface area contributed by atoms with E-state index in [2.05, 4.69) is 5.32 Å². The van der Waals surface area contributed by atoms with E-state index in [1.54, 1.807) is 6.92 Å². The van der Waals surface area contributed by atoms with Gasteiger partial charge in [0.05, 0.1) is 11.5 Å². The first-order valence-electron chi connectivity index (χ1n) is 8.91. The Morgan fingerprint density at radius 1 is 1.23 bits per heavy atom. The first-order chi connectivity index (χ1) is 12.3. The molecule has 0 bridgehead atoms. The molecule has 0 radical (unpaired) electrons. The van der Waals surface area contributed by atoms with Gasteiger partial charge >= 0.3 is 0 Å². The van der Waals surface area contributed by atoms with Crippen LogP contribution < -0.4 is 5.32 Å². The zero-order valence-electron chi connectivity index (χ0n) is 14.7. The Morgan fingerprint density at radius 2 is 1.92 bits per heavy atom. The minimum Gasteiger partial charge on any atom is -0.348 e. The van der Waals surface area contributed by atoms with Gasteiger partial charge in [-0.3, -0.25) is 19.3 Å². The fourth-order valence-corrected chi connectivity index (χ4v) is 4.00. The maximum Gasteiger partial charge on any atom is 0.240 e. The molecule has 140 valence electrons. The smallest absolute Gasteiger partial charge is 0.240 e. The number of hydrogen-bond donors (Lipinski definition) is 1. The molecule has 1 aliphatic heterocycles. The average molecular weight is 364 g/mol. The maximum atomic E-state index is 13.8. The minimum absolute atomic E-state index is 0.141. The Morgan fingerprint density at radius 3 is 2.58 bits per heavy atom. The molecule has 1 aliphatic carbocycles. The normalized spacial score (nSPS) is 20.5. The molecule has 2 fully saturated rings. The van der Waals surface area contributed by atoms with E-state index in [0.29, 0.717) is 12.8 Å². The third-order valence-electron chi connectivity index (χ3n) is 5.41. The summed E-state index contributed by atoms with van der Waals surface area (Å²) < 4.78 is 26.8. The predicted molar refractivity (Wildman–Crippen MR) is 89.8 cm³/mol. The van der Waals surface area contributed by atoms with Crippen LogP contribution in [0.5, 0.6) is 0 Å². The Labute approximate surface area is 150 Å². The second kappa shape index (κ2) is 7.13. The number of hydrogen-bond acceptors (Lipinski definition) is 3. The van der Waals surface area contributed by atoms with Crippen LogP contribution >= 0.6 is 0 Å². The standard InChI is InChI=1S/C19H22F2N2O3/c1-12(14-6-5-13(20)9-15(14)21)22-16(24)11-23-17(25)10-19(18(23)26)7-3-2-4-8-19/h5-6,9,12H,2-4,7-8,10-11H2,1H3,(H,22,24)/t12-/m0/s1. The molecule has 7 heteroatoms. The number of carbonyl (C=O) groups excluding carboxylic acids is 3. The van der Waals surface area contributed by atoms with Crippen molar-refractivity contribution in [1.82, 2.24) is 10.2 Å². The lowest BCUT2D eigenvalue weighted by molar-refractivity contribution is -0.145. The van der Waals surface area contributed by atoms with Crippen molar-refractivity contribution < 1.29 is 23.2 Å². The highest BCUT2D eigenvalue weighted by Gasteiger charge is 2.51. The number of carbonyl (C=O) groups is 3. The van der Waals surface area contributed by atoms with Crippen LogP contribution in [0.15, 0.2) is 18.2 Å². The fraction of sp³-hybridized carbons (Fsp3) is 0.526. The Hall–Kier alpha value is -2.31. The van der Waals surface area contributed by atoms with Gasteiger partial charge in [0.2, 0.25) is 17.7 Å². The van der Waals surface area contributed by atoms with Gasteiger partial charge < -0.3 is 5.32 Å². The lowest BCUT2D eigenvalue weighted by Crippen LogP contribution is -2.43. The van der Waals surface area contributed by atoms with Crippen molar-refractivity contribution in [2.75, 3.05) is 6.54 Å². The van der Waals surface area contributed by atoms with Gasteiger partial charge in [-0.25, -0.2) is 8.78 Å². The van der Waals surface area contributed by atoms with Crippen molar-refractivity contribution >= 4 is 17.7 Å². The molecule has 1 atom stereocenters. The van der Waals surface area contributed by atoms with Crippen LogP contribution in [0.25, 0.3) is 0 Å². The van der Waals surface area contributed by atoms with Crippen LogP contribution in [0.1, 0.15) is 57.1 Å². The molecule has 2 aliphatic rings. The third-order valence-corrected chi connectivity index (χ3v) is 5.41. The molecule has 5 nitrogen and oxygen atoms in total. The zero-order valence-corrected chi connectivity index (χ0v) is 14.7. The average Bonchev–Trinajstić information content (AvgIpc) is 2.79. The summed E-state index contributed by atoms with van der Waals surface area (Å²) in [5, 5.41) is 2.57. The number of halogens is 2. The molecular weight excluding hydrogens is 342 g/mol. The molecule has 1 N–H and O–H groups in total. The van der Waals surface area contributed by atoms with Crippen molar-refractivity contribution in [1.29, 1.82) is 0 Å². The SMILES string of the molecule is C[C@H](NC(=O)CN1C(=O)CC2(CCCCC2)C1=O)c1ccc(F)cc1F. The van der Waals surface area contributed by atoms with Crippen LogP contribution in [0.4, 0.5) is 8.78 Å². The number of rotatable bonds is 4. The van der Waals surface area contributed by atoms with Crippen molar-refractivity contribution in [3.63, 3.8) is 0 Å². The summed E-state index contributed by atoms with van der Waals surface area (Å²) in [7, 11) is 0. The van der Waals surface area contributed by atoms with Gasteiger partial charge in [0, 0.05) is 18.1 Å². The largest absolute Gasteiger partial charge is 0.348 e. The van der Waals surface area contributed by atoms with E-state index in [0.717, 1.165) is 36.3 Å². The van der Waals surface area contributed by atoms with E-state index in [-0.39, 0.29) is 30.3 Å². The van der Waals surface area contributed by atoms with Crippen LogP contribution in [0.2, 0.25) is 0 Å². The lowest BCUT2D eigenvalue weighted by Gasteiger charge is -2.30. The quantitative estimate of drug-likeness (QED) is 0.836. The maximum absolute atomic E-state index is 13.8. The summed E-state index contributed by atoms with van der Waals surface area (Å²) in [4.78, 5) is 38.3. The molecule has 0 aromatic heterocycles. The van der Waals surface area contributed by atoms with Crippen molar-refractivity contribution in [3.05, 3.63) is 35.4 Å². The first-order valence-corrected chi connectivity index (χ1v) is 8.91. The predicted octanol–water partition coefficient (Wildman–Crippen LogP) is 2.85. The summed E-state index contributed by atoms with van der Waals surface area (Å²) in [6.07, 6.45) is 4.44. The number of imide groups is 1. The Balaban J connectivity index is 1.64. The third kappa shape index (κ3) is 3.48. The highest BCUT2D eigenvalue weighted by molar-refractivity contribution is 6.08. The van der Waals surface area contributed by atoms with Crippen molar-refractivity contribution in [2.24, 2.45) is 5.41 Å². The van der Waals surface area contributed by atoms with E-state index >= 15 is 0 Å². The molecule has 3 rings (SSSR count). The van der Waals surface area contributed by atoms with E-state index in [1.807, 2.05) is 0 Å². The number of nitrogens with zero attached hydrogens (tertiary/aromatic N) is 1. The molecule has 1 saturated heterocycles. The minimum atomic E-state index is -0.757. The number of nitrogens with one attached hydrogen (secondary N) is 1. The van der Waals surface area contributed by atoms with Crippen molar-refractivity contribution in [2.45, 2.75) is 51.5 Å². The Bertz CT molecular complexity index is 744. The van der Waals surface area contributed by atoms with Gasteiger partial charge in [-0.2, -0.15) is 0 Å². The second-order valence-corrected chi connectivity index (χ2v) is 7.26. The summed E-state index contributed by atoms with van der Waals surface area (Å²) in [6.45, 7) is 1.19. The first kappa shape index (κ1) is 18.5. The molecule has 1 heterocycles. The second-order valence-electron chi connectivity index (χ2n) is 7.26. The van der Waals surface area contributed by atoms with Gasteiger partial charge in [-0.15, -0.1) is 0 Å². The van der Waals surface area contributed by atoms with Crippen LogP contribution in [0.3, 0.4) is 0 Å². The molecule has 1 aromatic rings. The summed E-state index contributed by atoms with van der Waals surface area (Å²) in [5.41, 5.74) is -0.493. The number of amides is 3. The highest BCUT2D eigenvalue weighted by Crippen LogP contribution is 2.45. The topological polar surface area (TPSA) is 66.5 Å². The van der Waals surface area contributed by atoms with Crippen LogP contribution in [0, 0.1) is 17.0 Å². The fourth-order valence-electron chi connectivity index (χ4n) is 4.00. The van der Waals surface area contributed by atoms with Gasteiger partial charge in [-0.05, 0) is 25.8 Å². The van der Waals surface area contributed by atoms with E-state index < -0.39 is 29.0 Å². The Kier molecular flexibility index (Phi) is 5.07. The lowest BCUT2D eigenvalue weighted by atomic mass is 9.73. The van der Waals surface area contributed by atoms with Gasteiger partial charge in [0.1, 0.15) is 18.2 Å². The van der Waals surface area contributed by atoms with Crippen LogP contribution in [-0.4, -0.2) is 29.2 Å². The van der Waals surface area contributed by atoms with E-state index in [4.69, 9.17) is 0 Å². The van der Waals surface area contributed by atoms with Gasteiger partial charge in [0.25, 0.3) is 0 Å². The van der Waals surface area contributed by atoms with Gasteiger partial charge in [0.15, 0.2) is 0 Å². The van der Waals surface area contributed by atoms with Crippen LogP contribution in [-0.2, 0) is 14.4 Å². The molecule has 0 unspecified atom stereocenters. The van der Waals surface area contributed by atoms with E-state index in [9.17, 15) is 23.2 Å². The van der Waals surface area contributed by atoms with Gasteiger partial charge in [-0.1, -0.05) is 25.3 Å². The molecule has 3 amide bonds. The number of likely N-dealkylation sites (tertiary alicyclic amines) is 1. The zero-order chi connectivity index (χ0) is 18.9. The highest BCUT2D eigenvalue weighted by atomic mass is 19.1. The molecule has 26 heavy (non-hydrogen) atoms. The molecule has 1 saturated carbocycles. The molecular formula is C19H22F2N2O3. The monoisotopic (exact) mass is 364 g/mol. The molecule has 1 spiro atoms. The molecule has 1 aromatic carbocycles.